The number of nitrogens with two attached hydrogens (primary N) is 1. The summed E-state index contributed by atoms with van der Waals surface area (Å²) in [6.07, 6.45) is 6.35. The number of phenols is 1. The van der Waals surface area contributed by atoms with E-state index < -0.39 is 53.9 Å². The molecule has 1 fully saturated rings. The topological polar surface area (TPSA) is 241 Å². The zero-order valence-electron chi connectivity index (χ0n) is 25.5. The van der Waals surface area contributed by atoms with Crippen LogP contribution in [0.5, 0.6) is 5.75 Å². The minimum absolute atomic E-state index is 0.0105. The molecule has 46 heavy (non-hydrogen) atoms. The van der Waals surface area contributed by atoms with Crippen LogP contribution >= 0.6 is 23.7 Å². The van der Waals surface area contributed by atoms with Gasteiger partial charge in [0.25, 0.3) is 0 Å². The Kier molecular flexibility index (Phi) is 15.1. The Bertz CT molecular complexity index is 1300. The number of hydrogen-bond donors (Lipinski definition) is 9. The molecule has 0 saturated carbocycles. The third kappa shape index (κ3) is 11.9. The molecular formula is C29H42N8O7S2. The second-order valence-corrected chi connectivity index (χ2v) is 12.6. The number of aliphatic carboxylic acids is 1. The molecule has 2 heterocycles. The molecule has 1 aromatic carbocycles. The van der Waals surface area contributed by atoms with Crippen LogP contribution in [0.4, 0.5) is 0 Å². The Balaban J connectivity index is 1.79. The molecule has 0 aliphatic carbocycles. The summed E-state index contributed by atoms with van der Waals surface area (Å²) in [5.41, 5.74) is 6.76. The standard InChI is InChI=1S/C29H42N8O7S2/c1-45-11-9-21(26(40)36-23(29(43)44)13-18-14-31-16-32-18)34-27(41)22(12-17-5-7-19(38)8-6-17)35-25(39)20(4-2-3-10-30)33-28(42)24-15-46-37-24/h5-8,14,16,20-24,37-38H,2-4,9-13,15,30H2,1H3,(H,31,32)(H,33,42)(H,34,41)(H,35,39)(H,36,40)(H,43,44)/t20-,21-,22-,23-,24-/m0/s1. The molecular weight excluding hydrogens is 637 g/mol. The highest BCUT2D eigenvalue weighted by Crippen LogP contribution is 2.15. The van der Waals surface area contributed by atoms with Crippen molar-refractivity contribution in [1.29, 1.82) is 0 Å². The molecule has 3 rings (SSSR count). The van der Waals surface area contributed by atoms with Gasteiger partial charge in [0.15, 0.2) is 0 Å². The van der Waals surface area contributed by atoms with Crippen LogP contribution in [0.15, 0.2) is 36.8 Å². The van der Waals surface area contributed by atoms with Crippen LogP contribution in [-0.4, -0.2) is 104 Å². The molecule has 5 atom stereocenters. The predicted molar refractivity (Wildman–Crippen MR) is 175 cm³/mol. The molecule has 1 saturated heterocycles. The molecule has 1 aliphatic heterocycles. The third-order valence-electron chi connectivity index (χ3n) is 7.22. The van der Waals surface area contributed by atoms with Gasteiger partial charge in [-0.2, -0.15) is 11.8 Å². The monoisotopic (exact) mass is 678 g/mol. The van der Waals surface area contributed by atoms with Gasteiger partial charge >= 0.3 is 5.97 Å². The van der Waals surface area contributed by atoms with Crippen molar-refractivity contribution in [1.82, 2.24) is 36.0 Å². The summed E-state index contributed by atoms with van der Waals surface area (Å²) >= 11 is 2.84. The van der Waals surface area contributed by atoms with Crippen LogP contribution < -0.4 is 31.7 Å². The minimum atomic E-state index is -1.28. The van der Waals surface area contributed by atoms with Gasteiger partial charge in [0.1, 0.15) is 36.0 Å². The van der Waals surface area contributed by atoms with E-state index in [1.54, 1.807) is 12.1 Å². The van der Waals surface area contributed by atoms with Crippen LogP contribution in [0.25, 0.3) is 0 Å². The van der Waals surface area contributed by atoms with Crippen LogP contribution in [-0.2, 0) is 36.8 Å². The zero-order valence-corrected chi connectivity index (χ0v) is 27.1. The van der Waals surface area contributed by atoms with Crippen molar-refractivity contribution in [3.63, 3.8) is 0 Å². The molecule has 252 valence electrons. The summed E-state index contributed by atoms with van der Waals surface area (Å²) in [6, 6.07) is 1.19. The number of H-pyrrole nitrogens is 1. The van der Waals surface area contributed by atoms with Gasteiger partial charge in [-0.1, -0.05) is 24.1 Å². The summed E-state index contributed by atoms with van der Waals surface area (Å²) < 4.78 is 2.92. The maximum Gasteiger partial charge on any atom is 0.326 e. The number of benzene rings is 1. The Morgan fingerprint density at radius 2 is 1.59 bits per heavy atom. The summed E-state index contributed by atoms with van der Waals surface area (Å²) in [5.74, 6) is -2.46. The van der Waals surface area contributed by atoms with Gasteiger partial charge in [0, 0.05) is 30.5 Å². The van der Waals surface area contributed by atoms with Crippen molar-refractivity contribution in [2.45, 2.75) is 68.7 Å². The molecule has 4 amide bonds. The normalized spacial score (nSPS) is 16.6. The largest absolute Gasteiger partial charge is 0.508 e. The fourth-order valence-corrected chi connectivity index (χ4v) is 5.61. The molecule has 1 aliphatic rings. The first-order valence-electron chi connectivity index (χ1n) is 14.9. The number of aromatic nitrogens is 2. The van der Waals surface area contributed by atoms with Crippen molar-refractivity contribution in [3.05, 3.63) is 48.0 Å². The van der Waals surface area contributed by atoms with Crippen molar-refractivity contribution in [2.75, 3.05) is 24.3 Å². The highest BCUT2D eigenvalue weighted by atomic mass is 32.2. The van der Waals surface area contributed by atoms with E-state index in [4.69, 9.17) is 5.73 Å². The fraction of sp³-hybridized carbons (Fsp3) is 0.517. The molecule has 15 nitrogen and oxygen atoms in total. The van der Waals surface area contributed by atoms with Crippen molar-refractivity contribution in [3.8, 4) is 5.75 Å². The Labute approximate surface area is 275 Å². The summed E-state index contributed by atoms with van der Waals surface area (Å²) in [4.78, 5) is 72.0. The lowest BCUT2D eigenvalue weighted by Gasteiger charge is -2.29. The third-order valence-corrected chi connectivity index (χ3v) is 8.81. The average molecular weight is 679 g/mol. The molecule has 10 N–H and O–H groups in total. The van der Waals surface area contributed by atoms with E-state index >= 15 is 0 Å². The van der Waals surface area contributed by atoms with E-state index in [1.165, 1.54) is 48.4 Å². The van der Waals surface area contributed by atoms with Crippen LogP contribution in [0.1, 0.15) is 36.9 Å². The summed E-state index contributed by atoms with van der Waals surface area (Å²) in [7, 11) is 0. The number of imidazole rings is 1. The van der Waals surface area contributed by atoms with E-state index in [0.717, 1.165) is 0 Å². The highest BCUT2D eigenvalue weighted by molar-refractivity contribution is 7.98. The number of carboxylic acids is 1. The van der Waals surface area contributed by atoms with Gasteiger partial charge in [-0.15, -0.1) is 0 Å². The lowest BCUT2D eigenvalue weighted by Crippen LogP contribution is -2.60. The van der Waals surface area contributed by atoms with Crippen molar-refractivity contribution in [2.24, 2.45) is 5.73 Å². The van der Waals surface area contributed by atoms with Gasteiger partial charge in [-0.25, -0.2) is 9.78 Å². The molecule has 0 unspecified atom stereocenters. The number of amides is 4. The second kappa shape index (κ2) is 19.0. The number of aromatic amines is 1. The van der Waals surface area contributed by atoms with Crippen LogP contribution in [0.2, 0.25) is 0 Å². The number of nitrogens with one attached hydrogen (secondary N) is 6. The number of unbranched alkanes of at least 4 members (excludes halogenated alkanes) is 1. The number of phenolic OH excluding ortho intramolecular Hbond substituents is 1. The van der Waals surface area contributed by atoms with E-state index in [9.17, 15) is 34.2 Å². The van der Waals surface area contributed by atoms with Gasteiger partial charge < -0.3 is 42.2 Å². The number of aromatic hydroxyl groups is 1. The number of nitrogens with zero attached hydrogens (tertiary/aromatic N) is 1. The first-order chi connectivity index (χ1) is 22.1. The van der Waals surface area contributed by atoms with E-state index in [2.05, 4.69) is 36.0 Å². The maximum atomic E-state index is 13.8. The Morgan fingerprint density at radius 3 is 2.15 bits per heavy atom. The molecule has 1 aromatic heterocycles. The number of carbonyl (C=O) groups is 5. The number of carboxylic acid groups (broad SMARTS) is 1. The van der Waals surface area contributed by atoms with E-state index in [0.29, 0.717) is 48.6 Å². The van der Waals surface area contributed by atoms with Gasteiger partial charge in [-0.05, 0) is 61.9 Å². The van der Waals surface area contributed by atoms with Crippen LogP contribution in [0, 0.1) is 0 Å². The van der Waals surface area contributed by atoms with Crippen molar-refractivity contribution < 1.29 is 34.2 Å². The smallest absolute Gasteiger partial charge is 0.326 e. The number of rotatable bonds is 20. The first-order valence-corrected chi connectivity index (χ1v) is 17.2. The number of hydrogen-bond acceptors (Lipinski definition) is 11. The van der Waals surface area contributed by atoms with Gasteiger partial charge in [0.05, 0.1) is 6.33 Å². The first kappa shape index (κ1) is 36.7. The highest BCUT2D eigenvalue weighted by Gasteiger charge is 2.33. The number of carbonyl (C=O) groups excluding carboxylic acids is 4. The maximum absolute atomic E-state index is 13.8. The van der Waals surface area contributed by atoms with Gasteiger partial charge in [0.2, 0.25) is 23.6 Å². The van der Waals surface area contributed by atoms with E-state index in [-0.39, 0.29) is 30.9 Å². The molecule has 0 bridgehead atoms. The predicted octanol–water partition coefficient (Wildman–Crippen LogP) is -0.574. The Hall–Kier alpha value is -3.80. The Morgan fingerprint density at radius 1 is 0.957 bits per heavy atom. The fourth-order valence-electron chi connectivity index (χ4n) is 4.54. The van der Waals surface area contributed by atoms with Gasteiger partial charge in [-0.3, -0.25) is 23.9 Å². The number of thioether (sulfide) groups is 1. The lowest BCUT2D eigenvalue weighted by atomic mass is 10.0. The molecule has 17 heteroatoms. The molecule has 0 radical (unpaired) electrons. The minimum Gasteiger partial charge on any atom is -0.508 e. The lowest BCUT2D eigenvalue weighted by molar-refractivity contribution is -0.142. The summed E-state index contributed by atoms with van der Waals surface area (Å²) in [5, 5.41) is 30.2. The summed E-state index contributed by atoms with van der Waals surface area (Å²) in [6.45, 7) is 0.416. The van der Waals surface area contributed by atoms with Crippen LogP contribution in [0.3, 0.4) is 0 Å². The van der Waals surface area contributed by atoms with E-state index in [1.807, 2.05) is 6.26 Å². The van der Waals surface area contributed by atoms with Crippen molar-refractivity contribution >= 4 is 53.3 Å². The zero-order chi connectivity index (χ0) is 33.5. The SMILES string of the molecule is CSCC[C@H](NC(=O)[C@H](Cc1ccc(O)cc1)NC(=O)[C@H](CCCCN)NC(=O)[C@@H]1CSN1)C(=O)N[C@@H](Cc1cnc[nH]1)C(=O)O. The second-order valence-electron chi connectivity index (χ2n) is 10.8. The molecule has 0 spiro atoms. The average Bonchev–Trinajstić information content (AvgIpc) is 3.51. The quantitative estimate of drug-likeness (QED) is 0.0632. The molecule has 2 aromatic rings.